The molecular weight excluding hydrogens is 313 g/mol. The minimum Gasteiger partial charge on any atom is -0.497 e. The first-order valence-electron chi connectivity index (χ1n) is 7.12. The Morgan fingerprint density at radius 1 is 1.17 bits per heavy atom. The highest BCUT2D eigenvalue weighted by molar-refractivity contribution is 5.94. The molecule has 1 fully saturated rings. The quantitative estimate of drug-likeness (QED) is 0.922. The van der Waals surface area contributed by atoms with Gasteiger partial charge in [-0.25, -0.2) is 0 Å². The number of carbonyl (C=O) groups is 2. The summed E-state index contributed by atoms with van der Waals surface area (Å²) in [4.78, 5) is 24.0. The number of ether oxygens (including phenoxy) is 1. The molecule has 2 amide bonds. The fourth-order valence-corrected chi connectivity index (χ4v) is 2.42. The zero-order valence-corrected chi connectivity index (χ0v) is 12.5. The van der Waals surface area contributed by atoms with Crippen LogP contribution in [0.25, 0.3) is 0 Å². The molecule has 0 saturated carbocycles. The van der Waals surface area contributed by atoms with Gasteiger partial charge in [-0.3, -0.25) is 9.59 Å². The first-order valence-corrected chi connectivity index (χ1v) is 7.12. The number of alkyl halides is 3. The fourth-order valence-electron chi connectivity index (χ4n) is 2.42. The smallest absolute Gasteiger partial charge is 0.471 e. The van der Waals surface area contributed by atoms with E-state index in [1.165, 1.54) is 7.11 Å². The topological polar surface area (TPSA) is 58.6 Å². The fraction of sp³-hybridized carbons (Fsp3) is 0.467. The average molecular weight is 330 g/mol. The van der Waals surface area contributed by atoms with E-state index in [2.05, 4.69) is 5.32 Å². The Morgan fingerprint density at radius 2 is 1.74 bits per heavy atom. The van der Waals surface area contributed by atoms with Gasteiger partial charge in [-0.05, 0) is 37.1 Å². The monoisotopic (exact) mass is 330 g/mol. The number of methoxy groups -OCH3 is 1. The number of halogens is 3. The van der Waals surface area contributed by atoms with E-state index < -0.39 is 12.1 Å². The second-order valence-electron chi connectivity index (χ2n) is 5.27. The van der Waals surface area contributed by atoms with E-state index in [0.717, 1.165) is 4.90 Å². The first-order chi connectivity index (χ1) is 10.8. The van der Waals surface area contributed by atoms with Crippen molar-refractivity contribution < 1.29 is 27.5 Å². The zero-order chi connectivity index (χ0) is 17.0. The van der Waals surface area contributed by atoms with Crippen LogP contribution in [0, 0.1) is 0 Å². The van der Waals surface area contributed by atoms with Gasteiger partial charge in [0, 0.05) is 24.7 Å². The molecule has 1 N–H and O–H groups in total. The van der Waals surface area contributed by atoms with Crippen molar-refractivity contribution in [3.63, 3.8) is 0 Å². The summed E-state index contributed by atoms with van der Waals surface area (Å²) in [6.45, 7) is -0.0438. The lowest BCUT2D eigenvalue weighted by atomic mass is 10.0. The Kier molecular flexibility index (Phi) is 5.12. The van der Waals surface area contributed by atoms with Gasteiger partial charge in [0.15, 0.2) is 0 Å². The highest BCUT2D eigenvalue weighted by atomic mass is 19.4. The highest BCUT2D eigenvalue weighted by Crippen LogP contribution is 2.21. The molecule has 0 radical (unpaired) electrons. The number of benzene rings is 1. The maximum Gasteiger partial charge on any atom is 0.471 e. The third kappa shape index (κ3) is 4.37. The summed E-state index contributed by atoms with van der Waals surface area (Å²) in [5, 5.41) is 2.77. The van der Waals surface area contributed by atoms with Crippen LogP contribution in [0.15, 0.2) is 24.3 Å². The van der Waals surface area contributed by atoms with Crippen LogP contribution in [0.3, 0.4) is 0 Å². The molecule has 1 heterocycles. The highest BCUT2D eigenvalue weighted by Gasteiger charge is 2.43. The molecule has 2 rings (SSSR count). The van der Waals surface area contributed by atoms with Crippen molar-refractivity contribution in [3.05, 3.63) is 29.8 Å². The summed E-state index contributed by atoms with van der Waals surface area (Å²) in [6.07, 6.45) is -4.26. The minimum absolute atomic E-state index is 0.0219. The minimum atomic E-state index is -4.85. The van der Waals surface area contributed by atoms with Crippen LogP contribution < -0.4 is 10.1 Å². The standard InChI is InChI=1S/C15H17F3N2O3/c1-23-12-4-2-10(3-5-12)13(21)19-11-6-8-20(9-7-11)14(22)15(16,17)18/h2-5,11H,6-9H2,1H3,(H,19,21). The molecule has 126 valence electrons. The Balaban J connectivity index is 1.86. The van der Waals surface area contributed by atoms with Crippen molar-refractivity contribution in [2.45, 2.75) is 25.1 Å². The number of hydrogen-bond acceptors (Lipinski definition) is 3. The Bertz CT molecular complexity index is 564. The van der Waals surface area contributed by atoms with Crippen LogP contribution >= 0.6 is 0 Å². The van der Waals surface area contributed by atoms with Gasteiger partial charge < -0.3 is 15.0 Å². The molecule has 8 heteroatoms. The maximum atomic E-state index is 12.4. The van der Waals surface area contributed by atoms with Crippen LogP contribution in [-0.4, -0.2) is 49.1 Å². The Labute approximate surface area is 131 Å². The Hall–Kier alpha value is -2.25. The van der Waals surface area contributed by atoms with E-state index in [4.69, 9.17) is 4.74 Å². The molecule has 23 heavy (non-hydrogen) atoms. The molecule has 0 unspecified atom stereocenters. The maximum absolute atomic E-state index is 12.4. The predicted molar refractivity (Wildman–Crippen MR) is 76.1 cm³/mol. The third-order valence-corrected chi connectivity index (χ3v) is 3.71. The largest absolute Gasteiger partial charge is 0.497 e. The summed E-state index contributed by atoms with van der Waals surface area (Å²) in [7, 11) is 1.52. The Morgan fingerprint density at radius 3 is 2.22 bits per heavy atom. The van der Waals surface area contributed by atoms with Crippen molar-refractivity contribution in [1.29, 1.82) is 0 Å². The van der Waals surface area contributed by atoms with Gasteiger partial charge in [0.25, 0.3) is 5.91 Å². The molecule has 5 nitrogen and oxygen atoms in total. The van der Waals surface area contributed by atoms with Gasteiger partial charge in [-0.1, -0.05) is 0 Å². The van der Waals surface area contributed by atoms with E-state index >= 15 is 0 Å². The van der Waals surface area contributed by atoms with Crippen LogP contribution in [0.2, 0.25) is 0 Å². The zero-order valence-electron chi connectivity index (χ0n) is 12.5. The number of rotatable bonds is 3. The van der Waals surface area contributed by atoms with Crippen molar-refractivity contribution in [2.24, 2.45) is 0 Å². The third-order valence-electron chi connectivity index (χ3n) is 3.71. The number of carbonyl (C=O) groups excluding carboxylic acids is 2. The number of hydrogen-bond donors (Lipinski definition) is 1. The summed E-state index contributed by atoms with van der Waals surface area (Å²) >= 11 is 0. The summed E-state index contributed by atoms with van der Waals surface area (Å²) in [5.41, 5.74) is 0.444. The number of likely N-dealkylation sites (tertiary alicyclic amines) is 1. The molecule has 1 saturated heterocycles. The molecule has 1 aliphatic heterocycles. The van der Waals surface area contributed by atoms with E-state index in [1.807, 2.05) is 0 Å². The van der Waals surface area contributed by atoms with Crippen LogP contribution in [0.4, 0.5) is 13.2 Å². The van der Waals surface area contributed by atoms with Crippen molar-refractivity contribution in [2.75, 3.05) is 20.2 Å². The normalized spacial score (nSPS) is 16.1. The van der Waals surface area contributed by atoms with Crippen LogP contribution in [0.5, 0.6) is 5.75 Å². The molecule has 0 aliphatic carbocycles. The molecule has 1 aliphatic rings. The molecule has 0 aromatic heterocycles. The predicted octanol–water partition coefficient (Wildman–Crippen LogP) is 1.98. The van der Waals surface area contributed by atoms with Gasteiger partial charge in [-0.2, -0.15) is 13.2 Å². The van der Waals surface area contributed by atoms with Crippen molar-refractivity contribution in [3.8, 4) is 5.75 Å². The average Bonchev–Trinajstić information content (AvgIpc) is 2.54. The van der Waals surface area contributed by atoms with Crippen LogP contribution in [-0.2, 0) is 4.79 Å². The van der Waals surface area contributed by atoms with E-state index in [9.17, 15) is 22.8 Å². The van der Waals surface area contributed by atoms with Crippen LogP contribution in [0.1, 0.15) is 23.2 Å². The second-order valence-corrected chi connectivity index (χ2v) is 5.27. The van der Waals surface area contributed by atoms with Gasteiger partial charge in [-0.15, -0.1) is 0 Å². The van der Waals surface area contributed by atoms with Gasteiger partial charge in [0.05, 0.1) is 7.11 Å². The molecule has 0 atom stereocenters. The van der Waals surface area contributed by atoms with E-state index in [1.54, 1.807) is 24.3 Å². The van der Waals surface area contributed by atoms with E-state index in [0.29, 0.717) is 24.2 Å². The SMILES string of the molecule is COc1ccc(C(=O)NC2CCN(C(=O)C(F)(F)F)CC2)cc1. The molecule has 0 bridgehead atoms. The molecular formula is C15H17F3N2O3. The molecule has 0 spiro atoms. The summed E-state index contributed by atoms with van der Waals surface area (Å²) < 4.78 is 42.1. The number of piperidine rings is 1. The van der Waals surface area contributed by atoms with E-state index in [-0.39, 0.29) is 25.0 Å². The van der Waals surface area contributed by atoms with Gasteiger partial charge >= 0.3 is 12.1 Å². The lowest BCUT2D eigenvalue weighted by Gasteiger charge is -2.32. The molecule has 1 aromatic rings. The number of nitrogens with zero attached hydrogens (tertiary/aromatic N) is 1. The lowest BCUT2D eigenvalue weighted by Crippen LogP contribution is -2.50. The molecule has 1 aromatic carbocycles. The summed E-state index contributed by atoms with van der Waals surface area (Å²) in [5.74, 6) is -1.49. The lowest BCUT2D eigenvalue weighted by molar-refractivity contribution is -0.186. The first kappa shape index (κ1) is 17.1. The van der Waals surface area contributed by atoms with Crippen molar-refractivity contribution >= 4 is 11.8 Å². The number of nitrogens with one attached hydrogen (secondary N) is 1. The van der Waals surface area contributed by atoms with Crippen molar-refractivity contribution in [1.82, 2.24) is 10.2 Å². The van der Waals surface area contributed by atoms with Gasteiger partial charge in [0.1, 0.15) is 5.75 Å². The van der Waals surface area contributed by atoms with Gasteiger partial charge in [0.2, 0.25) is 0 Å². The second kappa shape index (κ2) is 6.89. The summed E-state index contributed by atoms with van der Waals surface area (Å²) in [6, 6.07) is 6.27. The number of amides is 2.